The molecule has 1 atom stereocenters. The van der Waals surface area contributed by atoms with E-state index in [1.807, 2.05) is 11.4 Å². The zero-order valence-corrected chi connectivity index (χ0v) is 10.8. The molecule has 1 unspecified atom stereocenters. The fourth-order valence-electron chi connectivity index (χ4n) is 1.94. The second kappa shape index (κ2) is 4.34. The molecule has 1 saturated carbocycles. The first-order valence-electron chi connectivity index (χ1n) is 6.20. The van der Waals surface area contributed by atoms with Gasteiger partial charge in [0.15, 0.2) is 5.82 Å². The number of nitrogens with two attached hydrogens (primary N) is 1. The maximum absolute atomic E-state index is 5.74. The van der Waals surface area contributed by atoms with Gasteiger partial charge in [0.1, 0.15) is 5.01 Å². The maximum Gasteiger partial charge on any atom is 0.234 e. The molecular weight excluding hydrogens is 234 g/mol. The zero-order chi connectivity index (χ0) is 11.8. The zero-order valence-electron chi connectivity index (χ0n) is 9.96. The number of fused-ring (bicyclic) bond motifs is 1. The first kappa shape index (κ1) is 11.1. The summed E-state index contributed by atoms with van der Waals surface area (Å²) in [6.07, 6.45) is 5.62. The Morgan fingerprint density at radius 2 is 2.29 bits per heavy atom. The van der Waals surface area contributed by atoms with Crippen molar-refractivity contribution in [1.29, 1.82) is 0 Å². The van der Waals surface area contributed by atoms with Gasteiger partial charge in [-0.1, -0.05) is 11.3 Å². The van der Waals surface area contributed by atoms with Crippen molar-refractivity contribution >= 4 is 16.3 Å². The van der Waals surface area contributed by atoms with Gasteiger partial charge in [0.25, 0.3) is 0 Å². The molecule has 1 aliphatic carbocycles. The third-order valence-electron chi connectivity index (χ3n) is 3.05. The summed E-state index contributed by atoms with van der Waals surface area (Å²) >= 11 is 1.65. The van der Waals surface area contributed by atoms with E-state index in [4.69, 9.17) is 5.73 Å². The number of hydrogen-bond donors (Lipinski definition) is 1. The normalized spacial score (nSPS) is 17.8. The summed E-state index contributed by atoms with van der Waals surface area (Å²) in [7, 11) is 0. The average molecular weight is 251 g/mol. The highest BCUT2D eigenvalue weighted by molar-refractivity contribution is 7.16. The predicted molar refractivity (Wildman–Crippen MR) is 67.2 cm³/mol. The molecule has 1 fully saturated rings. The average Bonchev–Trinajstić information content (AvgIpc) is 2.90. The number of rotatable bonds is 5. The lowest BCUT2D eigenvalue weighted by Crippen LogP contribution is -2.14. The predicted octanol–water partition coefficient (Wildman–Crippen LogP) is 1.73. The molecular formula is C11H17N5S. The molecule has 0 aromatic carbocycles. The number of hydrogen-bond acceptors (Lipinski definition) is 5. The van der Waals surface area contributed by atoms with Crippen LogP contribution in [-0.4, -0.2) is 25.9 Å². The van der Waals surface area contributed by atoms with Crippen LogP contribution in [0, 0.1) is 0 Å². The van der Waals surface area contributed by atoms with Crippen LogP contribution in [0.25, 0.3) is 4.96 Å². The van der Waals surface area contributed by atoms with Crippen LogP contribution in [0.5, 0.6) is 0 Å². The Morgan fingerprint density at radius 1 is 1.47 bits per heavy atom. The van der Waals surface area contributed by atoms with Gasteiger partial charge in [-0.15, -0.1) is 10.2 Å². The van der Waals surface area contributed by atoms with Crippen LogP contribution in [0.15, 0.2) is 0 Å². The van der Waals surface area contributed by atoms with Crippen molar-refractivity contribution in [3.05, 3.63) is 10.8 Å². The highest BCUT2D eigenvalue weighted by Crippen LogP contribution is 2.39. The highest BCUT2D eigenvalue weighted by atomic mass is 32.1. The van der Waals surface area contributed by atoms with E-state index in [1.165, 1.54) is 12.8 Å². The third-order valence-corrected chi connectivity index (χ3v) is 4.01. The summed E-state index contributed by atoms with van der Waals surface area (Å²) in [6, 6.07) is 0.280. The summed E-state index contributed by atoms with van der Waals surface area (Å²) in [4.78, 5) is 0.933. The topological polar surface area (TPSA) is 69.1 Å². The minimum Gasteiger partial charge on any atom is -0.328 e. The van der Waals surface area contributed by atoms with E-state index in [1.54, 1.807) is 11.3 Å². The van der Waals surface area contributed by atoms with Crippen LogP contribution in [0.4, 0.5) is 0 Å². The van der Waals surface area contributed by atoms with Crippen LogP contribution in [-0.2, 0) is 6.42 Å². The molecule has 5 nitrogen and oxygen atoms in total. The van der Waals surface area contributed by atoms with Crippen molar-refractivity contribution in [3.8, 4) is 0 Å². The minimum absolute atomic E-state index is 0.280. The van der Waals surface area contributed by atoms with Gasteiger partial charge < -0.3 is 5.73 Å². The Labute approximate surface area is 104 Å². The molecule has 0 spiro atoms. The van der Waals surface area contributed by atoms with Gasteiger partial charge >= 0.3 is 0 Å². The molecule has 0 aliphatic heterocycles. The molecule has 0 radical (unpaired) electrons. The molecule has 17 heavy (non-hydrogen) atoms. The van der Waals surface area contributed by atoms with E-state index in [0.717, 1.165) is 35.1 Å². The molecule has 3 rings (SSSR count). The number of aromatic nitrogens is 4. The van der Waals surface area contributed by atoms with Gasteiger partial charge in [-0.25, -0.2) is 0 Å². The molecule has 2 aromatic rings. The quantitative estimate of drug-likeness (QED) is 0.878. The van der Waals surface area contributed by atoms with Crippen LogP contribution in [0.2, 0.25) is 0 Å². The lowest BCUT2D eigenvalue weighted by atomic mass is 10.1. The van der Waals surface area contributed by atoms with Gasteiger partial charge in [0.05, 0.1) is 0 Å². The van der Waals surface area contributed by atoms with E-state index in [9.17, 15) is 0 Å². The fourth-order valence-corrected chi connectivity index (χ4v) is 2.83. The van der Waals surface area contributed by atoms with Crippen LogP contribution in [0.3, 0.4) is 0 Å². The van der Waals surface area contributed by atoms with Gasteiger partial charge in [0.2, 0.25) is 4.96 Å². The van der Waals surface area contributed by atoms with Crippen LogP contribution in [0.1, 0.15) is 49.4 Å². The van der Waals surface area contributed by atoms with E-state index >= 15 is 0 Å². The van der Waals surface area contributed by atoms with E-state index in [-0.39, 0.29) is 6.04 Å². The Hall–Kier alpha value is -1.01. The first-order valence-corrected chi connectivity index (χ1v) is 7.02. The van der Waals surface area contributed by atoms with E-state index in [2.05, 4.69) is 15.3 Å². The number of aryl methyl sites for hydroxylation is 1. The van der Waals surface area contributed by atoms with Gasteiger partial charge in [-0.2, -0.15) is 9.61 Å². The highest BCUT2D eigenvalue weighted by Gasteiger charge is 2.29. The van der Waals surface area contributed by atoms with Gasteiger partial charge in [0, 0.05) is 18.4 Å². The third kappa shape index (κ3) is 2.32. The second-order valence-electron chi connectivity index (χ2n) is 4.89. The Bertz CT molecular complexity index is 511. The van der Waals surface area contributed by atoms with Crippen molar-refractivity contribution in [1.82, 2.24) is 19.8 Å². The van der Waals surface area contributed by atoms with E-state index in [0.29, 0.717) is 5.92 Å². The minimum atomic E-state index is 0.280. The molecule has 0 bridgehead atoms. The fraction of sp³-hybridized carbons (Fsp3) is 0.727. The first-order chi connectivity index (χ1) is 8.24. The lowest BCUT2D eigenvalue weighted by molar-refractivity contribution is 0.619. The lowest BCUT2D eigenvalue weighted by Gasteiger charge is -2.01. The summed E-state index contributed by atoms with van der Waals surface area (Å²) in [6.45, 7) is 2.05. The molecule has 2 aromatic heterocycles. The summed E-state index contributed by atoms with van der Waals surface area (Å²) in [5.74, 6) is 1.65. The molecule has 0 saturated heterocycles. The maximum atomic E-state index is 5.74. The second-order valence-corrected chi connectivity index (χ2v) is 5.93. The monoisotopic (exact) mass is 251 g/mol. The van der Waals surface area contributed by atoms with E-state index < -0.39 is 0 Å². The molecule has 92 valence electrons. The summed E-state index contributed by atoms with van der Waals surface area (Å²) < 4.78 is 1.93. The van der Waals surface area contributed by atoms with Crippen molar-refractivity contribution < 1.29 is 0 Å². The SMILES string of the molecule is CC(N)CCCc1nn2c(C3CC3)nnc2s1. The molecule has 2 heterocycles. The molecule has 1 aliphatic rings. The summed E-state index contributed by atoms with van der Waals surface area (Å²) in [5.41, 5.74) is 5.74. The number of nitrogens with zero attached hydrogens (tertiary/aromatic N) is 4. The standard InChI is InChI=1S/C11H17N5S/c1-7(12)3-2-4-9-15-16-10(8-5-6-8)13-14-11(16)17-9/h7-8H,2-6,12H2,1H3. The Balaban J connectivity index is 1.73. The van der Waals surface area contributed by atoms with Crippen molar-refractivity contribution in [2.75, 3.05) is 0 Å². The molecule has 0 amide bonds. The Kier molecular flexibility index (Phi) is 2.84. The van der Waals surface area contributed by atoms with Crippen LogP contribution < -0.4 is 5.73 Å². The van der Waals surface area contributed by atoms with Crippen molar-refractivity contribution in [3.63, 3.8) is 0 Å². The molecule has 2 N–H and O–H groups in total. The van der Waals surface area contributed by atoms with Crippen molar-refractivity contribution in [2.45, 2.75) is 51.0 Å². The van der Waals surface area contributed by atoms with Gasteiger partial charge in [-0.3, -0.25) is 0 Å². The molecule has 6 heteroatoms. The summed E-state index contributed by atoms with van der Waals surface area (Å²) in [5, 5.41) is 14.1. The smallest absolute Gasteiger partial charge is 0.234 e. The Morgan fingerprint density at radius 3 is 3.00 bits per heavy atom. The van der Waals surface area contributed by atoms with Crippen LogP contribution >= 0.6 is 11.3 Å². The largest absolute Gasteiger partial charge is 0.328 e. The van der Waals surface area contributed by atoms with Crippen molar-refractivity contribution in [2.24, 2.45) is 5.73 Å². The van der Waals surface area contributed by atoms with Gasteiger partial charge in [-0.05, 0) is 32.6 Å².